The molecule has 2 aromatic heterocycles. The number of hydrogen-bond donors (Lipinski definition) is 2. The van der Waals surface area contributed by atoms with Gasteiger partial charge in [0.25, 0.3) is 0 Å². The van der Waals surface area contributed by atoms with E-state index in [0.29, 0.717) is 5.56 Å². The van der Waals surface area contributed by atoms with Gasteiger partial charge in [-0.2, -0.15) is 5.26 Å². The molecule has 0 saturated carbocycles. The number of nitriles is 1. The number of pyridine rings is 1. The Morgan fingerprint density at radius 3 is 2.79 bits per heavy atom. The van der Waals surface area contributed by atoms with E-state index in [1.54, 1.807) is 6.20 Å². The van der Waals surface area contributed by atoms with Gasteiger partial charge in [0.05, 0.1) is 11.3 Å². The van der Waals surface area contributed by atoms with E-state index < -0.39 is 0 Å². The Balaban J connectivity index is 1.47. The number of likely N-dealkylation sites (tertiary alicyclic amines) is 1. The summed E-state index contributed by atoms with van der Waals surface area (Å²) >= 11 is 0. The summed E-state index contributed by atoms with van der Waals surface area (Å²) in [5.41, 5.74) is 8.83. The van der Waals surface area contributed by atoms with Crippen molar-refractivity contribution in [3.8, 4) is 6.07 Å². The fourth-order valence-corrected chi connectivity index (χ4v) is 4.77. The van der Waals surface area contributed by atoms with Gasteiger partial charge in [-0.1, -0.05) is 36.4 Å². The molecule has 5 heteroatoms. The molecule has 0 unspecified atom stereocenters. The zero-order valence-electron chi connectivity index (χ0n) is 19.7. The molecule has 170 valence electrons. The van der Waals surface area contributed by atoms with Crippen molar-refractivity contribution in [2.45, 2.75) is 33.2 Å². The van der Waals surface area contributed by atoms with Crippen molar-refractivity contribution < 1.29 is 0 Å². The van der Waals surface area contributed by atoms with E-state index in [1.807, 2.05) is 13.1 Å². The van der Waals surface area contributed by atoms with Crippen LogP contribution in [-0.2, 0) is 6.54 Å². The Bertz CT molecular complexity index is 1400. The highest BCUT2D eigenvalue weighted by atomic mass is 15.1. The van der Waals surface area contributed by atoms with E-state index in [-0.39, 0.29) is 0 Å². The highest BCUT2D eigenvalue weighted by molar-refractivity contribution is 5.90. The van der Waals surface area contributed by atoms with Gasteiger partial charge in [0, 0.05) is 46.8 Å². The Morgan fingerprint density at radius 1 is 1.12 bits per heavy atom. The van der Waals surface area contributed by atoms with Gasteiger partial charge in [0.2, 0.25) is 0 Å². The second-order valence-electron chi connectivity index (χ2n) is 9.02. The standard InChI is InChI=1S/C29H29N5/c1-20-25-12-13-31-28(25)11-10-27(20)33-29-24(17-30)18-32-21(2)26(29)9-8-22-6-5-7-23(16-22)19-34-14-3-4-15-34/h5-13,16,18,31H,3-4,14-15,19H2,1-2H3,(H,32,33). The van der Waals surface area contributed by atoms with E-state index >= 15 is 0 Å². The minimum absolute atomic E-state index is 0.529. The minimum Gasteiger partial charge on any atom is -0.361 e. The summed E-state index contributed by atoms with van der Waals surface area (Å²) < 4.78 is 0. The average molecular weight is 448 g/mol. The molecular weight excluding hydrogens is 418 g/mol. The molecule has 2 aromatic carbocycles. The molecule has 5 rings (SSSR count). The molecule has 5 nitrogen and oxygen atoms in total. The van der Waals surface area contributed by atoms with Crippen molar-refractivity contribution >= 4 is 34.4 Å². The molecule has 1 aliphatic heterocycles. The fourth-order valence-electron chi connectivity index (χ4n) is 4.77. The van der Waals surface area contributed by atoms with Crippen molar-refractivity contribution in [1.82, 2.24) is 14.9 Å². The number of nitrogens with one attached hydrogen (secondary N) is 2. The van der Waals surface area contributed by atoms with Crippen LogP contribution in [0.3, 0.4) is 0 Å². The van der Waals surface area contributed by atoms with Crippen LogP contribution >= 0.6 is 0 Å². The van der Waals surface area contributed by atoms with Crippen LogP contribution in [0.2, 0.25) is 0 Å². The zero-order valence-corrected chi connectivity index (χ0v) is 19.7. The SMILES string of the molecule is Cc1ncc(C#N)c(Nc2ccc3[nH]ccc3c2C)c1C=Cc1cccc(CN2CCCC2)c1. The molecule has 0 bridgehead atoms. The van der Waals surface area contributed by atoms with Gasteiger partial charge in [-0.05, 0) is 74.7 Å². The molecule has 0 spiro atoms. The fraction of sp³-hybridized carbons (Fsp3) is 0.241. The zero-order chi connectivity index (χ0) is 23.5. The summed E-state index contributed by atoms with van der Waals surface area (Å²) in [6, 6.07) is 17.2. The van der Waals surface area contributed by atoms with E-state index in [1.165, 1.54) is 36.9 Å². The van der Waals surface area contributed by atoms with Crippen LogP contribution in [0.5, 0.6) is 0 Å². The van der Waals surface area contributed by atoms with Crippen molar-refractivity contribution in [3.63, 3.8) is 0 Å². The van der Waals surface area contributed by atoms with Crippen LogP contribution in [0.15, 0.2) is 54.9 Å². The molecule has 3 heterocycles. The largest absolute Gasteiger partial charge is 0.361 e. The van der Waals surface area contributed by atoms with Gasteiger partial charge in [0.15, 0.2) is 0 Å². The highest BCUT2D eigenvalue weighted by Gasteiger charge is 2.14. The molecule has 1 saturated heterocycles. The van der Waals surface area contributed by atoms with E-state index in [0.717, 1.165) is 45.8 Å². The molecule has 1 aliphatic rings. The van der Waals surface area contributed by atoms with E-state index in [4.69, 9.17) is 0 Å². The third-order valence-electron chi connectivity index (χ3n) is 6.70. The number of rotatable bonds is 6. The molecule has 0 aliphatic carbocycles. The first-order valence-corrected chi connectivity index (χ1v) is 11.8. The molecule has 2 N–H and O–H groups in total. The van der Waals surface area contributed by atoms with Crippen LogP contribution in [0.1, 0.15) is 46.4 Å². The predicted octanol–water partition coefficient (Wildman–Crippen LogP) is 6.56. The number of aryl methyl sites for hydroxylation is 2. The van der Waals surface area contributed by atoms with Crippen molar-refractivity contribution in [2.75, 3.05) is 18.4 Å². The first-order chi connectivity index (χ1) is 16.6. The normalized spacial score (nSPS) is 14.1. The maximum Gasteiger partial charge on any atom is 0.103 e. The van der Waals surface area contributed by atoms with Crippen molar-refractivity contribution in [2.24, 2.45) is 0 Å². The third kappa shape index (κ3) is 4.46. The average Bonchev–Trinajstić information content (AvgIpc) is 3.53. The van der Waals surface area contributed by atoms with Gasteiger partial charge >= 0.3 is 0 Å². The number of hydrogen-bond acceptors (Lipinski definition) is 4. The second kappa shape index (κ2) is 9.54. The summed E-state index contributed by atoms with van der Waals surface area (Å²) in [6.07, 6.45) is 10.4. The first-order valence-electron chi connectivity index (χ1n) is 11.8. The Morgan fingerprint density at radius 2 is 1.97 bits per heavy atom. The Kier molecular flexibility index (Phi) is 6.16. The minimum atomic E-state index is 0.529. The summed E-state index contributed by atoms with van der Waals surface area (Å²) in [5, 5.41) is 14.5. The van der Waals surface area contributed by atoms with Gasteiger partial charge < -0.3 is 10.3 Å². The molecule has 4 aromatic rings. The van der Waals surface area contributed by atoms with Gasteiger partial charge in [0.1, 0.15) is 6.07 Å². The lowest BCUT2D eigenvalue weighted by molar-refractivity contribution is 0.331. The number of nitrogens with zero attached hydrogens (tertiary/aromatic N) is 3. The number of aromatic nitrogens is 2. The summed E-state index contributed by atoms with van der Waals surface area (Å²) in [5.74, 6) is 0. The van der Waals surface area contributed by atoms with Crippen LogP contribution in [0, 0.1) is 25.2 Å². The van der Waals surface area contributed by atoms with E-state index in [9.17, 15) is 5.26 Å². The summed E-state index contributed by atoms with van der Waals surface area (Å²) in [7, 11) is 0. The smallest absolute Gasteiger partial charge is 0.103 e. The van der Waals surface area contributed by atoms with Gasteiger partial charge in [-0.3, -0.25) is 9.88 Å². The summed E-state index contributed by atoms with van der Waals surface area (Å²) in [4.78, 5) is 10.3. The molecule has 0 amide bonds. The predicted molar refractivity (Wildman–Crippen MR) is 140 cm³/mol. The van der Waals surface area contributed by atoms with Gasteiger partial charge in [-0.25, -0.2) is 0 Å². The van der Waals surface area contributed by atoms with Gasteiger partial charge in [-0.15, -0.1) is 0 Å². The molecular formula is C29H29N5. The number of H-pyrrole nitrogens is 1. The third-order valence-corrected chi connectivity index (χ3v) is 6.70. The first kappa shape index (κ1) is 21.9. The topological polar surface area (TPSA) is 67.7 Å². The Hall–Kier alpha value is -3.88. The molecule has 0 radical (unpaired) electrons. The van der Waals surface area contributed by atoms with Crippen LogP contribution in [0.4, 0.5) is 11.4 Å². The van der Waals surface area contributed by atoms with Crippen molar-refractivity contribution in [1.29, 1.82) is 5.26 Å². The van der Waals surface area contributed by atoms with Crippen molar-refractivity contribution in [3.05, 3.63) is 88.4 Å². The Labute approximate surface area is 200 Å². The second-order valence-corrected chi connectivity index (χ2v) is 9.02. The lowest BCUT2D eigenvalue weighted by Crippen LogP contribution is -2.18. The highest BCUT2D eigenvalue weighted by Crippen LogP contribution is 2.32. The summed E-state index contributed by atoms with van der Waals surface area (Å²) in [6.45, 7) is 7.46. The van der Waals surface area contributed by atoms with Crippen LogP contribution in [-0.4, -0.2) is 28.0 Å². The molecule has 0 atom stereocenters. The number of benzene rings is 2. The lowest BCUT2D eigenvalue weighted by atomic mass is 10.0. The quantitative estimate of drug-likeness (QED) is 0.351. The monoisotopic (exact) mass is 447 g/mol. The lowest BCUT2D eigenvalue weighted by Gasteiger charge is -2.16. The number of fused-ring (bicyclic) bond motifs is 1. The molecule has 34 heavy (non-hydrogen) atoms. The van der Waals surface area contributed by atoms with E-state index in [2.05, 4.69) is 87.8 Å². The van der Waals surface area contributed by atoms with Crippen LogP contribution < -0.4 is 5.32 Å². The van der Waals surface area contributed by atoms with Crippen LogP contribution in [0.25, 0.3) is 23.1 Å². The number of aromatic amines is 1. The molecule has 1 fully saturated rings. The maximum atomic E-state index is 9.81. The maximum absolute atomic E-state index is 9.81. The number of anilines is 2.